The fourth-order valence-corrected chi connectivity index (χ4v) is 1.93. The second-order valence-electron chi connectivity index (χ2n) is 2.86. The van der Waals surface area contributed by atoms with Gasteiger partial charge >= 0.3 is 0 Å². The molecular formula is C10H10ClIN2. The Morgan fingerprint density at radius 1 is 1.64 bits per heavy atom. The molecule has 0 fully saturated rings. The predicted molar refractivity (Wildman–Crippen MR) is 67.5 cm³/mol. The van der Waals surface area contributed by atoms with E-state index in [9.17, 15) is 0 Å². The molecule has 4 heteroatoms. The first-order valence-electron chi connectivity index (χ1n) is 4.28. The van der Waals surface area contributed by atoms with Gasteiger partial charge < -0.3 is 5.32 Å². The number of hydrogen-bond acceptors (Lipinski definition) is 2. The summed E-state index contributed by atoms with van der Waals surface area (Å²) < 4.78 is 1.09. The number of nitrogens with zero attached hydrogens (tertiary/aromatic N) is 1. The summed E-state index contributed by atoms with van der Waals surface area (Å²) in [5.74, 6) is 0. The van der Waals surface area contributed by atoms with E-state index < -0.39 is 0 Å². The Kier molecular flexibility index (Phi) is 4.49. The Labute approximate surface area is 102 Å². The van der Waals surface area contributed by atoms with E-state index in [4.69, 9.17) is 16.9 Å². The highest BCUT2D eigenvalue weighted by atomic mass is 127. The summed E-state index contributed by atoms with van der Waals surface area (Å²) in [6, 6.07) is 7.72. The smallest absolute Gasteiger partial charge is 0.114 e. The van der Waals surface area contributed by atoms with Gasteiger partial charge in [0.25, 0.3) is 0 Å². The van der Waals surface area contributed by atoms with Gasteiger partial charge in [-0.25, -0.2) is 0 Å². The summed E-state index contributed by atoms with van der Waals surface area (Å²) in [5.41, 5.74) is 0.820. The minimum Gasteiger partial charge on any atom is -0.369 e. The first-order valence-corrected chi connectivity index (χ1v) is 5.74. The Bertz CT molecular complexity index is 360. The summed E-state index contributed by atoms with van der Waals surface area (Å²) in [6.45, 7) is 1.96. The lowest BCUT2D eigenvalue weighted by Crippen LogP contribution is -2.15. The zero-order valence-corrected chi connectivity index (χ0v) is 10.6. The number of hydrogen-bond donors (Lipinski definition) is 1. The molecule has 0 amide bonds. The molecule has 2 nitrogen and oxygen atoms in total. The largest absolute Gasteiger partial charge is 0.369 e. The maximum atomic E-state index is 8.78. The SMILES string of the molecule is CCC(C#N)Nc1ccc(I)cc1Cl. The van der Waals surface area contributed by atoms with E-state index in [-0.39, 0.29) is 6.04 Å². The van der Waals surface area contributed by atoms with Crippen LogP contribution in [0.3, 0.4) is 0 Å². The molecular weight excluding hydrogens is 310 g/mol. The Morgan fingerprint density at radius 2 is 2.36 bits per heavy atom. The number of benzene rings is 1. The van der Waals surface area contributed by atoms with Crippen LogP contribution < -0.4 is 5.32 Å². The van der Waals surface area contributed by atoms with Crippen molar-refractivity contribution in [2.24, 2.45) is 0 Å². The summed E-state index contributed by atoms with van der Waals surface area (Å²) in [4.78, 5) is 0. The summed E-state index contributed by atoms with van der Waals surface area (Å²) >= 11 is 8.21. The van der Waals surface area contributed by atoms with Crippen LogP contribution in [-0.2, 0) is 0 Å². The molecule has 0 heterocycles. The van der Waals surface area contributed by atoms with Crippen LogP contribution in [0.5, 0.6) is 0 Å². The van der Waals surface area contributed by atoms with E-state index in [1.165, 1.54) is 0 Å². The van der Waals surface area contributed by atoms with Crippen molar-refractivity contribution in [3.8, 4) is 6.07 Å². The number of nitrogens with one attached hydrogen (secondary N) is 1. The van der Waals surface area contributed by atoms with Crippen molar-refractivity contribution in [2.45, 2.75) is 19.4 Å². The maximum Gasteiger partial charge on any atom is 0.114 e. The molecule has 74 valence electrons. The monoisotopic (exact) mass is 320 g/mol. The molecule has 1 atom stereocenters. The topological polar surface area (TPSA) is 35.8 Å². The molecule has 1 rings (SSSR count). The van der Waals surface area contributed by atoms with Crippen LogP contribution in [-0.4, -0.2) is 6.04 Å². The third-order valence-electron chi connectivity index (χ3n) is 1.82. The zero-order chi connectivity index (χ0) is 10.6. The molecule has 14 heavy (non-hydrogen) atoms. The summed E-state index contributed by atoms with van der Waals surface area (Å²) in [5, 5.41) is 12.5. The van der Waals surface area contributed by atoms with E-state index >= 15 is 0 Å². The highest BCUT2D eigenvalue weighted by Crippen LogP contribution is 2.24. The van der Waals surface area contributed by atoms with Gasteiger partial charge in [0.15, 0.2) is 0 Å². The number of rotatable bonds is 3. The first kappa shape index (κ1) is 11.6. The van der Waals surface area contributed by atoms with E-state index in [1.54, 1.807) is 0 Å². The van der Waals surface area contributed by atoms with Gasteiger partial charge in [0.1, 0.15) is 6.04 Å². The summed E-state index contributed by atoms with van der Waals surface area (Å²) in [7, 11) is 0. The molecule has 0 aliphatic heterocycles. The van der Waals surface area contributed by atoms with Crippen molar-refractivity contribution < 1.29 is 0 Å². The van der Waals surface area contributed by atoms with E-state index in [2.05, 4.69) is 34.0 Å². The fourth-order valence-electron chi connectivity index (χ4n) is 1.02. The fraction of sp³-hybridized carbons (Fsp3) is 0.300. The van der Waals surface area contributed by atoms with E-state index in [1.807, 2.05) is 25.1 Å². The maximum absolute atomic E-state index is 8.78. The van der Waals surface area contributed by atoms with Crippen molar-refractivity contribution in [3.63, 3.8) is 0 Å². The molecule has 0 saturated heterocycles. The van der Waals surface area contributed by atoms with Gasteiger partial charge in [-0.15, -0.1) is 0 Å². The second kappa shape index (κ2) is 5.42. The van der Waals surface area contributed by atoms with Crippen LogP contribution in [0.15, 0.2) is 18.2 Å². The molecule has 0 radical (unpaired) electrons. The van der Waals surface area contributed by atoms with Crippen LogP contribution in [0, 0.1) is 14.9 Å². The van der Waals surface area contributed by atoms with Gasteiger partial charge in [-0.1, -0.05) is 18.5 Å². The predicted octanol–water partition coefficient (Wildman–Crippen LogP) is 3.66. The van der Waals surface area contributed by atoms with Crippen LogP contribution in [0.1, 0.15) is 13.3 Å². The molecule has 0 spiro atoms. The molecule has 0 bridgehead atoms. The molecule has 0 aromatic heterocycles. The normalized spacial score (nSPS) is 11.9. The molecule has 1 N–H and O–H groups in total. The van der Waals surface area contributed by atoms with Gasteiger partial charge in [0, 0.05) is 3.57 Å². The van der Waals surface area contributed by atoms with Gasteiger partial charge in [0.05, 0.1) is 16.8 Å². The van der Waals surface area contributed by atoms with Gasteiger partial charge in [-0.2, -0.15) is 5.26 Å². The molecule has 1 aromatic rings. The Hall–Kier alpha value is -0.470. The lowest BCUT2D eigenvalue weighted by atomic mass is 10.2. The number of halogens is 2. The summed E-state index contributed by atoms with van der Waals surface area (Å²) in [6.07, 6.45) is 0.763. The average molecular weight is 321 g/mol. The quantitative estimate of drug-likeness (QED) is 0.863. The molecule has 0 aliphatic rings. The van der Waals surface area contributed by atoms with E-state index in [0.717, 1.165) is 15.7 Å². The number of nitriles is 1. The minimum atomic E-state index is -0.174. The third-order valence-corrected chi connectivity index (χ3v) is 2.81. The lowest BCUT2D eigenvalue weighted by Gasteiger charge is -2.12. The third kappa shape index (κ3) is 3.03. The molecule has 0 saturated carbocycles. The minimum absolute atomic E-state index is 0.174. The van der Waals surface area contributed by atoms with Crippen molar-refractivity contribution in [1.29, 1.82) is 5.26 Å². The standard InChI is InChI=1S/C10H10ClIN2/c1-2-8(6-13)14-10-4-3-7(12)5-9(10)11/h3-5,8,14H,2H2,1H3. The van der Waals surface area contributed by atoms with Crippen molar-refractivity contribution in [3.05, 3.63) is 26.8 Å². The van der Waals surface area contributed by atoms with Gasteiger partial charge in [0.2, 0.25) is 0 Å². The van der Waals surface area contributed by atoms with Crippen LogP contribution >= 0.6 is 34.2 Å². The van der Waals surface area contributed by atoms with Crippen LogP contribution in [0.25, 0.3) is 0 Å². The highest BCUT2D eigenvalue weighted by Gasteiger charge is 2.06. The second-order valence-corrected chi connectivity index (χ2v) is 4.51. The molecule has 0 aliphatic carbocycles. The molecule has 1 aromatic carbocycles. The average Bonchev–Trinajstić information content (AvgIpc) is 2.17. The molecule has 1 unspecified atom stereocenters. The van der Waals surface area contributed by atoms with Crippen molar-refractivity contribution >= 4 is 39.9 Å². The van der Waals surface area contributed by atoms with E-state index in [0.29, 0.717) is 5.02 Å². The van der Waals surface area contributed by atoms with Crippen LogP contribution in [0.4, 0.5) is 5.69 Å². The van der Waals surface area contributed by atoms with Crippen molar-refractivity contribution in [2.75, 3.05) is 5.32 Å². The zero-order valence-electron chi connectivity index (χ0n) is 7.72. The van der Waals surface area contributed by atoms with Gasteiger partial charge in [-0.05, 0) is 47.2 Å². The Morgan fingerprint density at radius 3 is 2.86 bits per heavy atom. The lowest BCUT2D eigenvalue weighted by molar-refractivity contribution is 0.845. The number of anilines is 1. The Balaban J connectivity index is 2.82. The highest BCUT2D eigenvalue weighted by molar-refractivity contribution is 14.1. The van der Waals surface area contributed by atoms with Gasteiger partial charge in [-0.3, -0.25) is 0 Å². The van der Waals surface area contributed by atoms with Crippen LogP contribution in [0.2, 0.25) is 5.02 Å². The van der Waals surface area contributed by atoms with Crippen molar-refractivity contribution in [1.82, 2.24) is 0 Å². The first-order chi connectivity index (χ1) is 6.67.